The van der Waals surface area contributed by atoms with Crippen molar-refractivity contribution in [3.8, 4) is 0 Å². The van der Waals surface area contributed by atoms with Gasteiger partial charge in [-0.3, -0.25) is 0 Å². The number of thioether (sulfide) groups is 1. The van der Waals surface area contributed by atoms with E-state index in [1.54, 1.807) is 6.92 Å². The molecule has 0 amide bonds. The van der Waals surface area contributed by atoms with Gasteiger partial charge in [0, 0.05) is 0 Å². The van der Waals surface area contributed by atoms with Crippen LogP contribution in [0.15, 0.2) is 60.7 Å². The molecule has 5 heteroatoms. The molecule has 0 radical (unpaired) electrons. The van der Waals surface area contributed by atoms with Crippen LogP contribution < -0.4 is 0 Å². The summed E-state index contributed by atoms with van der Waals surface area (Å²) in [5.74, 6) is 0. The van der Waals surface area contributed by atoms with Crippen LogP contribution >= 0.6 is 11.8 Å². The smallest absolute Gasteiger partial charge is 0.131 e. The Labute approximate surface area is 152 Å². The summed E-state index contributed by atoms with van der Waals surface area (Å²) < 4.78 is 11.8. The Kier molecular flexibility index (Phi) is 6.15. The van der Waals surface area contributed by atoms with Gasteiger partial charge >= 0.3 is 0 Å². The van der Waals surface area contributed by atoms with Gasteiger partial charge in [-0.1, -0.05) is 60.7 Å². The number of rotatable bonds is 7. The predicted octanol–water partition coefficient (Wildman–Crippen LogP) is 2.97. The minimum Gasteiger partial charge on any atom is -0.384 e. The van der Waals surface area contributed by atoms with Crippen molar-refractivity contribution in [2.75, 3.05) is 6.61 Å². The van der Waals surface area contributed by atoms with E-state index in [9.17, 15) is 10.2 Å². The van der Waals surface area contributed by atoms with E-state index in [1.807, 2.05) is 60.7 Å². The van der Waals surface area contributed by atoms with Gasteiger partial charge in [0.15, 0.2) is 0 Å². The lowest BCUT2D eigenvalue weighted by Crippen LogP contribution is -2.47. The van der Waals surface area contributed by atoms with E-state index in [0.29, 0.717) is 19.8 Å². The summed E-state index contributed by atoms with van der Waals surface area (Å²) in [7, 11) is 0. The molecule has 0 bridgehead atoms. The second-order valence-electron chi connectivity index (χ2n) is 6.47. The molecule has 1 aliphatic heterocycles. The maximum absolute atomic E-state index is 10.6. The molecule has 2 aromatic carbocycles. The first-order chi connectivity index (χ1) is 12.1. The highest BCUT2D eigenvalue weighted by Crippen LogP contribution is 2.42. The molecule has 0 aliphatic carbocycles. The van der Waals surface area contributed by atoms with Crippen molar-refractivity contribution in [2.24, 2.45) is 0 Å². The first-order valence-corrected chi connectivity index (χ1v) is 9.35. The lowest BCUT2D eigenvalue weighted by Gasteiger charge is -2.29. The van der Waals surface area contributed by atoms with Gasteiger partial charge < -0.3 is 19.7 Å². The van der Waals surface area contributed by atoms with E-state index < -0.39 is 17.1 Å². The molecule has 4 atom stereocenters. The average Bonchev–Trinajstić information content (AvgIpc) is 2.84. The first kappa shape index (κ1) is 18.4. The topological polar surface area (TPSA) is 58.9 Å². The van der Waals surface area contributed by atoms with Crippen LogP contribution in [0.4, 0.5) is 0 Å². The summed E-state index contributed by atoms with van der Waals surface area (Å²) in [6.07, 6.45) is -0.497. The highest BCUT2D eigenvalue weighted by molar-refractivity contribution is 8.00. The zero-order valence-corrected chi connectivity index (χ0v) is 15.1. The standard InChI is InChI=1S/C20H24O4S/c1-20(22)18(24-13-16-10-6-3-7-11-16)17(25-19(20)21)14-23-12-15-8-4-2-5-9-15/h2-11,17-19,21-22H,12-14H2,1H3. The highest BCUT2D eigenvalue weighted by Gasteiger charge is 2.52. The third-order valence-corrected chi connectivity index (χ3v) is 5.85. The van der Waals surface area contributed by atoms with Crippen LogP contribution in [0.1, 0.15) is 18.1 Å². The van der Waals surface area contributed by atoms with Crippen LogP contribution in [0.25, 0.3) is 0 Å². The quantitative estimate of drug-likeness (QED) is 0.795. The molecule has 0 aromatic heterocycles. The van der Waals surface area contributed by atoms with Gasteiger partial charge in [-0.05, 0) is 18.1 Å². The number of ether oxygens (including phenoxy) is 2. The summed E-state index contributed by atoms with van der Waals surface area (Å²) in [6, 6.07) is 19.8. The summed E-state index contributed by atoms with van der Waals surface area (Å²) in [5.41, 5.74) is -0.0629. The maximum Gasteiger partial charge on any atom is 0.131 e. The Morgan fingerprint density at radius 3 is 2.12 bits per heavy atom. The fraction of sp³-hybridized carbons (Fsp3) is 0.400. The average molecular weight is 360 g/mol. The number of aliphatic hydroxyl groups is 2. The fourth-order valence-corrected chi connectivity index (χ4v) is 4.33. The minimum absolute atomic E-state index is 0.127. The summed E-state index contributed by atoms with van der Waals surface area (Å²) in [6.45, 7) is 2.93. The third kappa shape index (κ3) is 4.63. The van der Waals surface area contributed by atoms with E-state index in [2.05, 4.69) is 0 Å². The van der Waals surface area contributed by atoms with E-state index in [-0.39, 0.29) is 5.25 Å². The Balaban J connectivity index is 1.58. The zero-order chi connectivity index (χ0) is 17.7. The normalized spacial score (nSPS) is 29.0. The molecule has 0 saturated carbocycles. The van der Waals surface area contributed by atoms with Crippen molar-refractivity contribution < 1.29 is 19.7 Å². The zero-order valence-electron chi connectivity index (χ0n) is 14.2. The molecule has 0 spiro atoms. The lowest BCUT2D eigenvalue weighted by atomic mass is 9.97. The van der Waals surface area contributed by atoms with Gasteiger partial charge in [0.2, 0.25) is 0 Å². The molecule has 2 N–H and O–H groups in total. The van der Waals surface area contributed by atoms with E-state index >= 15 is 0 Å². The van der Waals surface area contributed by atoms with Crippen LogP contribution in [0.5, 0.6) is 0 Å². The van der Waals surface area contributed by atoms with Crippen molar-refractivity contribution in [3.63, 3.8) is 0 Å². The highest BCUT2D eigenvalue weighted by atomic mass is 32.2. The van der Waals surface area contributed by atoms with E-state index in [0.717, 1.165) is 11.1 Å². The number of hydrogen-bond donors (Lipinski definition) is 2. The third-order valence-electron chi connectivity index (χ3n) is 4.38. The van der Waals surface area contributed by atoms with Gasteiger partial charge in [0.05, 0.1) is 25.1 Å². The van der Waals surface area contributed by atoms with Crippen LogP contribution in [0.3, 0.4) is 0 Å². The number of hydrogen-bond acceptors (Lipinski definition) is 5. The van der Waals surface area contributed by atoms with Crippen LogP contribution in [0, 0.1) is 0 Å². The summed E-state index contributed by atoms with van der Waals surface area (Å²) in [5, 5.41) is 20.7. The molecule has 4 unspecified atom stereocenters. The molecule has 134 valence electrons. The van der Waals surface area contributed by atoms with Gasteiger partial charge in [-0.25, -0.2) is 0 Å². The van der Waals surface area contributed by atoms with Gasteiger partial charge in [-0.2, -0.15) is 0 Å². The van der Waals surface area contributed by atoms with Crippen molar-refractivity contribution >= 4 is 11.8 Å². The maximum atomic E-state index is 10.6. The van der Waals surface area contributed by atoms with Gasteiger partial charge in [0.1, 0.15) is 17.1 Å². The molecule has 1 aliphatic rings. The SMILES string of the molecule is CC1(O)C(O)SC(COCc2ccccc2)C1OCc1ccccc1. The largest absolute Gasteiger partial charge is 0.384 e. The van der Waals surface area contributed by atoms with Gasteiger partial charge in [-0.15, -0.1) is 11.8 Å². The molecule has 1 fully saturated rings. The molecule has 4 nitrogen and oxygen atoms in total. The van der Waals surface area contributed by atoms with Crippen LogP contribution in [0.2, 0.25) is 0 Å². The first-order valence-electron chi connectivity index (χ1n) is 8.40. The molecule has 25 heavy (non-hydrogen) atoms. The van der Waals surface area contributed by atoms with E-state index in [4.69, 9.17) is 9.47 Å². The molecule has 3 rings (SSSR count). The molecular formula is C20H24O4S. The Morgan fingerprint density at radius 1 is 0.960 bits per heavy atom. The minimum atomic E-state index is -1.31. The van der Waals surface area contributed by atoms with E-state index in [1.165, 1.54) is 11.8 Å². The second-order valence-corrected chi connectivity index (χ2v) is 7.79. The molecule has 2 aromatic rings. The Morgan fingerprint density at radius 2 is 1.52 bits per heavy atom. The predicted molar refractivity (Wildman–Crippen MR) is 99.1 cm³/mol. The van der Waals surface area contributed by atoms with Crippen LogP contribution in [-0.4, -0.2) is 39.2 Å². The number of benzene rings is 2. The van der Waals surface area contributed by atoms with Crippen LogP contribution in [-0.2, 0) is 22.7 Å². The number of aliphatic hydroxyl groups excluding tert-OH is 1. The fourth-order valence-electron chi connectivity index (χ4n) is 2.92. The van der Waals surface area contributed by atoms with Crippen molar-refractivity contribution in [1.82, 2.24) is 0 Å². The molecular weight excluding hydrogens is 336 g/mol. The monoisotopic (exact) mass is 360 g/mol. The Hall–Kier alpha value is -1.37. The van der Waals surface area contributed by atoms with Crippen molar-refractivity contribution in [3.05, 3.63) is 71.8 Å². The van der Waals surface area contributed by atoms with Crippen molar-refractivity contribution in [2.45, 2.75) is 42.5 Å². The summed E-state index contributed by atoms with van der Waals surface area (Å²) >= 11 is 1.31. The Bertz CT molecular complexity index is 647. The molecule has 1 saturated heterocycles. The summed E-state index contributed by atoms with van der Waals surface area (Å²) in [4.78, 5) is 0. The second kappa shape index (κ2) is 8.34. The lowest BCUT2D eigenvalue weighted by molar-refractivity contribution is -0.130. The van der Waals surface area contributed by atoms with Gasteiger partial charge in [0.25, 0.3) is 0 Å². The van der Waals surface area contributed by atoms with Crippen molar-refractivity contribution in [1.29, 1.82) is 0 Å². The molecule has 1 heterocycles.